The number of likely N-dealkylation sites (tertiary alicyclic amines) is 1. The first-order valence-corrected chi connectivity index (χ1v) is 7.22. The molecule has 1 aliphatic carbocycles. The lowest BCUT2D eigenvalue weighted by Crippen LogP contribution is -2.64. The van der Waals surface area contributed by atoms with Crippen molar-refractivity contribution in [3.05, 3.63) is 42.1 Å². The normalized spacial score (nSPS) is 20.3. The molecule has 0 radical (unpaired) electrons. The van der Waals surface area contributed by atoms with Crippen LogP contribution in [-0.4, -0.2) is 44.4 Å². The molecule has 1 saturated carbocycles. The van der Waals surface area contributed by atoms with Gasteiger partial charge in [-0.3, -0.25) is 9.48 Å². The maximum absolute atomic E-state index is 12.3. The summed E-state index contributed by atoms with van der Waals surface area (Å²) in [4.78, 5) is 13.9. The van der Waals surface area contributed by atoms with E-state index in [1.165, 1.54) is 0 Å². The summed E-state index contributed by atoms with van der Waals surface area (Å²) >= 11 is 0. The van der Waals surface area contributed by atoms with Gasteiger partial charge in [-0.05, 0) is 37.0 Å². The Hall–Kier alpha value is -2.08. The van der Waals surface area contributed by atoms with Crippen LogP contribution in [0.1, 0.15) is 29.2 Å². The molecule has 110 valence electrons. The minimum atomic E-state index is -0.653. The summed E-state index contributed by atoms with van der Waals surface area (Å²) in [6, 6.07) is 5.32. The number of aromatic nitrogens is 2. The Labute approximate surface area is 122 Å². The first kappa shape index (κ1) is 12.6. The lowest BCUT2D eigenvalue weighted by molar-refractivity contribution is -0.0965. The lowest BCUT2D eigenvalue weighted by Gasteiger charge is -2.46. The summed E-state index contributed by atoms with van der Waals surface area (Å²) in [5.41, 5.74) is -0.653. The highest BCUT2D eigenvalue weighted by molar-refractivity contribution is 5.92. The molecule has 1 N–H and O–H groups in total. The number of rotatable bonds is 4. The molecule has 6 heteroatoms. The van der Waals surface area contributed by atoms with E-state index in [0.29, 0.717) is 37.1 Å². The van der Waals surface area contributed by atoms with Crippen molar-refractivity contribution in [2.24, 2.45) is 5.92 Å². The second kappa shape index (κ2) is 4.46. The van der Waals surface area contributed by atoms with Crippen LogP contribution in [0.25, 0.3) is 0 Å². The molecule has 3 heterocycles. The summed E-state index contributed by atoms with van der Waals surface area (Å²) < 4.78 is 7.32. The van der Waals surface area contributed by atoms with E-state index in [2.05, 4.69) is 5.10 Å². The number of carbonyl (C=O) groups excluding carboxylic acids is 1. The fraction of sp³-hybridized carbons (Fsp3) is 0.467. The fourth-order valence-corrected chi connectivity index (χ4v) is 2.92. The Balaban J connectivity index is 1.40. The Kier molecular flexibility index (Phi) is 2.68. The van der Waals surface area contributed by atoms with Crippen LogP contribution in [0.5, 0.6) is 0 Å². The van der Waals surface area contributed by atoms with Gasteiger partial charge >= 0.3 is 0 Å². The highest BCUT2D eigenvalue weighted by Crippen LogP contribution is 2.44. The third-order valence-electron chi connectivity index (χ3n) is 4.30. The highest BCUT2D eigenvalue weighted by Gasteiger charge is 2.53. The predicted octanol–water partition coefficient (Wildman–Crippen LogP) is 1.12. The van der Waals surface area contributed by atoms with Crippen molar-refractivity contribution in [1.29, 1.82) is 0 Å². The molecule has 21 heavy (non-hydrogen) atoms. The molecule has 0 aromatic carbocycles. The standard InChI is InChI=1S/C15H17N3O3/c19-14(17-9-15(20,10-17)11-2-3-11)13-5-4-12(21-13)8-18-7-1-6-16-18/h1,4-7,11,20H,2-3,8-10H2. The number of aliphatic hydroxyl groups is 1. The fourth-order valence-electron chi connectivity index (χ4n) is 2.92. The van der Waals surface area contributed by atoms with Crippen molar-refractivity contribution >= 4 is 5.91 Å². The van der Waals surface area contributed by atoms with Gasteiger partial charge in [-0.1, -0.05) is 0 Å². The van der Waals surface area contributed by atoms with Gasteiger partial charge in [-0.25, -0.2) is 0 Å². The number of hydrogen-bond acceptors (Lipinski definition) is 4. The second-order valence-corrected chi connectivity index (χ2v) is 6.01. The van der Waals surface area contributed by atoms with Crippen LogP contribution in [0, 0.1) is 5.92 Å². The maximum atomic E-state index is 12.3. The van der Waals surface area contributed by atoms with Gasteiger partial charge in [-0.15, -0.1) is 0 Å². The molecule has 0 bridgehead atoms. The molecule has 1 amide bonds. The zero-order valence-corrected chi connectivity index (χ0v) is 11.6. The molecule has 0 spiro atoms. The maximum Gasteiger partial charge on any atom is 0.289 e. The van der Waals surface area contributed by atoms with Gasteiger partial charge in [0.2, 0.25) is 0 Å². The molecular weight excluding hydrogens is 270 g/mol. The third kappa shape index (κ3) is 2.25. The topological polar surface area (TPSA) is 71.5 Å². The molecule has 0 atom stereocenters. The molecule has 0 unspecified atom stereocenters. The van der Waals surface area contributed by atoms with Gasteiger partial charge in [0.15, 0.2) is 5.76 Å². The number of hydrogen-bond donors (Lipinski definition) is 1. The molecule has 2 fully saturated rings. The molecule has 1 aliphatic heterocycles. The van der Waals surface area contributed by atoms with E-state index in [1.807, 2.05) is 12.3 Å². The van der Waals surface area contributed by atoms with Crippen LogP contribution < -0.4 is 0 Å². The summed E-state index contributed by atoms with van der Waals surface area (Å²) in [5, 5.41) is 14.4. The van der Waals surface area contributed by atoms with E-state index < -0.39 is 5.60 Å². The first-order chi connectivity index (χ1) is 10.1. The Morgan fingerprint density at radius 1 is 1.43 bits per heavy atom. The van der Waals surface area contributed by atoms with Crippen LogP contribution >= 0.6 is 0 Å². The van der Waals surface area contributed by atoms with Gasteiger partial charge in [0.1, 0.15) is 11.4 Å². The minimum absolute atomic E-state index is 0.146. The summed E-state index contributed by atoms with van der Waals surface area (Å²) in [6.45, 7) is 1.35. The predicted molar refractivity (Wildman–Crippen MR) is 73.6 cm³/mol. The Morgan fingerprint density at radius 2 is 2.24 bits per heavy atom. The largest absolute Gasteiger partial charge is 0.454 e. The number of furan rings is 1. The monoisotopic (exact) mass is 287 g/mol. The van der Waals surface area contributed by atoms with E-state index >= 15 is 0 Å². The molecule has 2 aliphatic rings. The van der Waals surface area contributed by atoms with Crippen molar-refractivity contribution in [2.75, 3.05) is 13.1 Å². The van der Waals surface area contributed by atoms with E-state index in [1.54, 1.807) is 27.9 Å². The van der Waals surface area contributed by atoms with Crippen molar-refractivity contribution < 1.29 is 14.3 Å². The smallest absolute Gasteiger partial charge is 0.289 e. The summed E-state index contributed by atoms with van der Waals surface area (Å²) in [7, 11) is 0. The average molecular weight is 287 g/mol. The Bertz CT molecular complexity index is 652. The van der Waals surface area contributed by atoms with Crippen molar-refractivity contribution in [2.45, 2.75) is 25.0 Å². The zero-order chi connectivity index (χ0) is 14.4. The molecule has 2 aromatic heterocycles. The lowest BCUT2D eigenvalue weighted by atomic mass is 9.88. The number of nitrogens with zero attached hydrogens (tertiary/aromatic N) is 3. The number of β-amino-alcohol motifs (C(OH)–C–C–N with tert-alkyl or cyclic N) is 1. The third-order valence-corrected chi connectivity index (χ3v) is 4.30. The molecule has 6 nitrogen and oxygen atoms in total. The van der Waals surface area contributed by atoms with Crippen LogP contribution in [-0.2, 0) is 6.54 Å². The zero-order valence-electron chi connectivity index (χ0n) is 11.6. The van der Waals surface area contributed by atoms with Crippen LogP contribution in [0.4, 0.5) is 0 Å². The van der Waals surface area contributed by atoms with Gasteiger partial charge in [-0.2, -0.15) is 5.10 Å². The van der Waals surface area contributed by atoms with E-state index in [0.717, 1.165) is 12.8 Å². The molecule has 4 rings (SSSR count). The van der Waals surface area contributed by atoms with Gasteiger partial charge in [0.25, 0.3) is 5.91 Å². The highest BCUT2D eigenvalue weighted by atomic mass is 16.4. The second-order valence-electron chi connectivity index (χ2n) is 6.01. The van der Waals surface area contributed by atoms with Gasteiger partial charge in [0, 0.05) is 12.4 Å². The van der Waals surface area contributed by atoms with E-state index in [9.17, 15) is 9.90 Å². The first-order valence-electron chi connectivity index (χ1n) is 7.22. The summed E-state index contributed by atoms with van der Waals surface area (Å²) in [6.07, 6.45) is 5.70. The van der Waals surface area contributed by atoms with Crippen LogP contribution in [0.15, 0.2) is 35.0 Å². The molecule has 1 saturated heterocycles. The molecule has 2 aromatic rings. The quantitative estimate of drug-likeness (QED) is 0.914. The average Bonchev–Trinajstić information content (AvgIpc) is 2.98. The van der Waals surface area contributed by atoms with Crippen LogP contribution in [0.2, 0.25) is 0 Å². The SMILES string of the molecule is O=C(c1ccc(Cn2cccn2)o1)N1CC(O)(C2CC2)C1. The van der Waals surface area contributed by atoms with E-state index in [-0.39, 0.29) is 5.91 Å². The Morgan fingerprint density at radius 3 is 2.90 bits per heavy atom. The number of amides is 1. The van der Waals surface area contributed by atoms with E-state index in [4.69, 9.17) is 4.42 Å². The van der Waals surface area contributed by atoms with Crippen molar-refractivity contribution in [3.8, 4) is 0 Å². The van der Waals surface area contributed by atoms with Gasteiger partial charge < -0.3 is 14.4 Å². The van der Waals surface area contributed by atoms with Gasteiger partial charge in [0.05, 0.1) is 19.6 Å². The van der Waals surface area contributed by atoms with Crippen molar-refractivity contribution in [1.82, 2.24) is 14.7 Å². The van der Waals surface area contributed by atoms with Crippen LogP contribution in [0.3, 0.4) is 0 Å². The molecular formula is C15H17N3O3. The number of carbonyl (C=O) groups is 1. The minimum Gasteiger partial charge on any atom is -0.454 e. The van der Waals surface area contributed by atoms with Crippen molar-refractivity contribution in [3.63, 3.8) is 0 Å². The summed E-state index contributed by atoms with van der Waals surface area (Å²) in [5.74, 6) is 1.26.